The van der Waals surface area contributed by atoms with Crippen molar-refractivity contribution in [3.05, 3.63) is 45.5 Å². The zero-order valence-electron chi connectivity index (χ0n) is 11.8. The molecule has 0 spiro atoms. The zero-order chi connectivity index (χ0) is 15.0. The second kappa shape index (κ2) is 5.46. The monoisotopic (exact) mass is 303 g/mol. The maximum Gasteiger partial charge on any atom is 0.196 e. The van der Waals surface area contributed by atoms with Gasteiger partial charge in [0.25, 0.3) is 0 Å². The first kappa shape index (κ1) is 14.0. The molecule has 0 fully saturated rings. The van der Waals surface area contributed by atoms with Crippen LogP contribution in [0.2, 0.25) is 0 Å². The van der Waals surface area contributed by atoms with Crippen LogP contribution in [-0.4, -0.2) is 31.6 Å². The first-order valence-corrected chi connectivity index (χ1v) is 7.24. The van der Waals surface area contributed by atoms with E-state index in [0.717, 1.165) is 41.9 Å². The number of benzene rings is 1. The summed E-state index contributed by atoms with van der Waals surface area (Å²) in [5.41, 5.74) is 4.04. The minimum Gasteiger partial charge on any atom is -0.508 e. The molecule has 0 saturated heterocycles. The van der Waals surface area contributed by atoms with Gasteiger partial charge in [-0.05, 0) is 30.8 Å². The summed E-state index contributed by atoms with van der Waals surface area (Å²) >= 11 is 5.04. The first-order valence-electron chi connectivity index (χ1n) is 6.84. The average molecular weight is 303 g/mol. The summed E-state index contributed by atoms with van der Waals surface area (Å²) < 4.78 is 0.522. The molecule has 0 radical (unpaired) electrons. The molecule has 0 bridgehead atoms. The maximum atomic E-state index is 10.0. The number of aromatic hydroxyl groups is 2. The van der Waals surface area contributed by atoms with E-state index in [1.54, 1.807) is 6.07 Å². The van der Waals surface area contributed by atoms with Crippen LogP contribution in [0.1, 0.15) is 22.4 Å². The third-order valence-corrected chi connectivity index (χ3v) is 4.08. The SMILES string of the molecule is Cc1cc(O)cc(O)c1CN1CCc2[nH]c(=S)ncc2C1. The molecule has 1 aromatic carbocycles. The van der Waals surface area contributed by atoms with Gasteiger partial charge in [-0.2, -0.15) is 0 Å². The molecule has 1 aliphatic heterocycles. The van der Waals surface area contributed by atoms with Gasteiger partial charge in [0.1, 0.15) is 11.5 Å². The highest BCUT2D eigenvalue weighted by molar-refractivity contribution is 7.71. The second-order valence-corrected chi connectivity index (χ2v) is 5.80. The molecule has 3 N–H and O–H groups in total. The largest absolute Gasteiger partial charge is 0.508 e. The van der Waals surface area contributed by atoms with Crippen molar-refractivity contribution in [1.29, 1.82) is 0 Å². The number of phenolic OH excluding ortho intramolecular Hbond substituents is 2. The van der Waals surface area contributed by atoms with Crippen LogP contribution in [0.4, 0.5) is 0 Å². The molecule has 1 aromatic heterocycles. The Morgan fingerprint density at radius 3 is 2.95 bits per heavy atom. The molecule has 21 heavy (non-hydrogen) atoms. The van der Waals surface area contributed by atoms with E-state index >= 15 is 0 Å². The summed E-state index contributed by atoms with van der Waals surface area (Å²) in [7, 11) is 0. The zero-order valence-corrected chi connectivity index (χ0v) is 12.6. The van der Waals surface area contributed by atoms with E-state index in [1.807, 2.05) is 13.1 Å². The fourth-order valence-electron chi connectivity index (χ4n) is 2.75. The third kappa shape index (κ3) is 2.91. The molecule has 0 aliphatic carbocycles. The van der Waals surface area contributed by atoms with E-state index in [9.17, 15) is 10.2 Å². The van der Waals surface area contributed by atoms with Crippen LogP contribution in [-0.2, 0) is 19.5 Å². The van der Waals surface area contributed by atoms with Gasteiger partial charge in [0, 0.05) is 55.1 Å². The van der Waals surface area contributed by atoms with E-state index in [-0.39, 0.29) is 11.5 Å². The molecule has 110 valence electrons. The molecule has 2 aromatic rings. The lowest BCUT2D eigenvalue weighted by Gasteiger charge is -2.28. The van der Waals surface area contributed by atoms with Crippen LogP contribution in [0.5, 0.6) is 11.5 Å². The molecule has 5 nitrogen and oxygen atoms in total. The van der Waals surface area contributed by atoms with Gasteiger partial charge in [-0.1, -0.05) is 0 Å². The molecule has 0 amide bonds. The number of hydrogen-bond acceptors (Lipinski definition) is 5. The van der Waals surface area contributed by atoms with Crippen molar-refractivity contribution in [2.45, 2.75) is 26.4 Å². The van der Waals surface area contributed by atoms with Crippen LogP contribution in [0.15, 0.2) is 18.3 Å². The Bertz CT molecular complexity index is 719. The second-order valence-electron chi connectivity index (χ2n) is 5.41. The normalized spacial score (nSPS) is 14.9. The Morgan fingerprint density at radius 1 is 1.38 bits per heavy atom. The van der Waals surface area contributed by atoms with Gasteiger partial charge in [0.05, 0.1) is 0 Å². The van der Waals surface area contributed by atoms with E-state index in [2.05, 4.69) is 14.9 Å². The average Bonchev–Trinajstić information content (AvgIpc) is 2.43. The van der Waals surface area contributed by atoms with E-state index in [0.29, 0.717) is 11.3 Å². The Kier molecular flexibility index (Phi) is 3.65. The molecular formula is C15H17N3O2S. The van der Waals surface area contributed by atoms with Crippen molar-refractivity contribution in [3.8, 4) is 11.5 Å². The van der Waals surface area contributed by atoms with Crippen LogP contribution in [0.25, 0.3) is 0 Å². The van der Waals surface area contributed by atoms with Crippen LogP contribution in [0, 0.1) is 11.7 Å². The van der Waals surface area contributed by atoms with Crippen LogP contribution < -0.4 is 0 Å². The highest BCUT2D eigenvalue weighted by Gasteiger charge is 2.19. The fraction of sp³-hybridized carbons (Fsp3) is 0.333. The van der Waals surface area contributed by atoms with Crippen molar-refractivity contribution in [2.75, 3.05) is 6.54 Å². The number of hydrogen-bond donors (Lipinski definition) is 3. The van der Waals surface area contributed by atoms with Gasteiger partial charge in [0.2, 0.25) is 0 Å². The maximum absolute atomic E-state index is 10.0. The van der Waals surface area contributed by atoms with Crippen molar-refractivity contribution in [2.24, 2.45) is 0 Å². The Morgan fingerprint density at radius 2 is 2.19 bits per heavy atom. The fourth-order valence-corrected chi connectivity index (χ4v) is 2.93. The summed E-state index contributed by atoms with van der Waals surface area (Å²) in [6.45, 7) is 4.20. The molecule has 6 heteroatoms. The number of nitrogens with zero attached hydrogens (tertiary/aromatic N) is 2. The standard InChI is InChI=1S/C15H17N3O2S/c1-9-4-11(19)5-14(20)12(9)8-18-3-2-13-10(7-18)6-16-15(21)17-13/h4-6,19-20H,2-3,7-8H2,1H3,(H,16,17,21). The van der Waals surface area contributed by atoms with Crippen molar-refractivity contribution in [1.82, 2.24) is 14.9 Å². The van der Waals surface area contributed by atoms with Gasteiger partial charge in [-0.15, -0.1) is 0 Å². The number of H-pyrrole nitrogens is 1. The molecule has 2 heterocycles. The predicted octanol–water partition coefficient (Wildman–Crippen LogP) is 2.42. The van der Waals surface area contributed by atoms with Gasteiger partial charge in [-0.25, -0.2) is 4.98 Å². The van der Waals surface area contributed by atoms with E-state index < -0.39 is 0 Å². The summed E-state index contributed by atoms with van der Waals surface area (Å²) in [4.78, 5) is 9.52. The van der Waals surface area contributed by atoms with Gasteiger partial charge in [-0.3, -0.25) is 4.90 Å². The summed E-state index contributed by atoms with van der Waals surface area (Å²) in [5, 5.41) is 19.5. The summed E-state index contributed by atoms with van der Waals surface area (Å²) in [5.74, 6) is 0.235. The first-order chi connectivity index (χ1) is 10.0. The summed E-state index contributed by atoms with van der Waals surface area (Å²) in [6.07, 6.45) is 2.71. The molecule has 3 rings (SSSR count). The smallest absolute Gasteiger partial charge is 0.196 e. The van der Waals surface area contributed by atoms with Gasteiger partial charge < -0.3 is 15.2 Å². The number of aryl methyl sites for hydroxylation is 1. The quantitative estimate of drug-likeness (QED) is 0.743. The topological polar surface area (TPSA) is 72.4 Å². The lowest BCUT2D eigenvalue weighted by molar-refractivity contribution is 0.239. The minimum atomic E-state index is 0.0921. The van der Waals surface area contributed by atoms with E-state index in [1.165, 1.54) is 6.07 Å². The number of aromatic nitrogens is 2. The predicted molar refractivity (Wildman–Crippen MR) is 81.7 cm³/mol. The number of nitrogens with one attached hydrogen (secondary N) is 1. The molecule has 0 atom stereocenters. The molecular weight excluding hydrogens is 286 g/mol. The highest BCUT2D eigenvalue weighted by atomic mass is 32.1. The number of aromatic amines is 1. The van der Waals surface area contributed by atoms with Crippen LogP contribution >= 0.6 is 12.2 Å². The van der Waals surface area contributed by atoms with Crippen molar-refractivity contribution < 1.29 is 10.2 Å². The van der Waals surface area contributed by atoms with Gasteiger partial charge in [0.15, 0.2) is 4.77 Å². The lowest BCUT2D eigenvalue weighted by Crippen LogP contribution is -2.31. The number of fused-ring (bicyclic) bond motifs is 1. The molecule has 0 unspecified atom stereocenters. The number of rotatable bonds is 2. The third-order valence-electron chi connectivity index (χ3n) is 3.87. The highest BCUT2D eigenvalue weighted by Crippen LogP contribution is 2.29. The summed E-state index contributed by atoms with van der Waals surface area (Å²) in [6, 6.07) is 3.06. The van der Waals surface area contributed by atoms with E-state index in [4.69, 9.17) is 12.2 Å². The van der Waals surface area contributed by atoms with Crippen LogP contribution in [0.3, 0.4) is 0 Å². The Balaban J connectivity index is 1.82. The van der Waals surface area contributed by atoms with Gasteiger partial charge >= 0.3 is 0 Å². The van der Waals surface area contributed by atoms with Crippen molar-refractivity contribution >= 4 is 12.2 Å². The number of phenols is 2. The molecule has 0 saturated carbocycles. The molecule has 1 aliphatic rings. The Labute approximate surface area is 127 Å². The lowest BCUT2D eigenvalue weighted by atomic mass is 10.0. The minimum absolute atomic E-state index is 0.0921. The van der Waals surface area contributed by atoms with Crippen molar-refractivity contribution in [3.63, 3.8) is 0 Å². The Hall–Kier alpha value is -1.92.